The first kappa shape index (κ1) is 16.1. The number of carbonyl (C=O) groups is 1. The lowest BCUT2D eigenvalue weighted by Crippen LogP contribution is -2.35. The standard InChI is InChI=1S/C14H18ClNO4S/c1-14(2,3)20-13(17)16-7-6-11-8-10(4-5-12(11)16)9-21(15,18)19/h4-5,8H,6-7,9H2,1-3H3. The van der Waals surface area contributed by atoms with E-state index in [-0.39, 0.29) is 11.8 Å². The molecule has 7 heteroatoms. The van der Waals surface area contributed by atoms with Gasteiger partial charge in [0.05, 0.1) is 11.4 Å². The summed E-state index contributed by atoms with van der Waals surface area (Å²) >= 11 is 0. The molecule has 0 unspecified atom stereocenters. The molecule has 0 atom stereocenters. The highest BCUT2D eigenvalue weighted by molar-refractivity contribution is 8.13. The third-order valence-corrected chi connectivity index (χ3v) is 4.00. The Balaban J connectivity index is 2.20. The summed E-state index contributed by atoms with van der Waals surface area (Å²) in [6.07, 6.45) is 0.282. The van der Waals surface area contributed by atoms with Gasteiger partial charge >= 0.3 is 6.09 Å². The molecule has 1 aliphatic heterocycles. The number of ether oxygens (including phenoxy) is 1. The summed E-state index contributed by atoms with van der Waals surface area (Å²) < 4.78 is 27.6. The van der Waals surface area contributed by atoms with Crippen LogP contribution in [0.4, 0.5) is 10.5 Å². The molecule has 2 rings (SSSR count). The molecule has 0 bridgehead atoms. The molecule has 5 nitrogen and oxygen atoms in total. The summed E-state index contributed by atoms with van der Waals surface area (Å²) in [7, 11) is 1.68. The lowest BCUT2D eigenvalue weighted by molar-refractivity contribution is 0.0584. The van der Waals surface area contributed by atoms with Crippen LogP contribution in [0.2, 0.25) is 0 Å². The Hall–Kier alpha value is -1.27. The topological polar surface area (TPSA) is 63.7 Å². The van der Waals surface area contributed by atoms with Gasteiger partial charge in [-0.1, -0.05) is 12.1 Å². The van der Waals surface area contributed by atoms with Crippen LogP contribution in [0.1, 0.15) is 31.9 Å². The van der Waals surface area contributed by atoms with Crippen LogP contribution in [0.3, 0.4) is 0 Å². The minimum Gasteiger partial charge on any atom is -0.443 e. The summed E-state index contributed by atoms with van der Waals surface area (Å²) in [5.41, 5.74) is 1.76. The third kappa shape index (κ3) is 4.35. The molecule has 1 aromatic rings. The molecule has 0 N–H and O–H groups in total. The van der Waals surface area contributed by atoms with E-state index in [1.165, 1.54) is 0 Å². The van der Waals surface area contributed by atoms with Crippen molar-refractivity contribution >= 4 is 31.5 Å². The maximum absolute atomic E-state index is 12.1. The second-order valence-corrected chi connectivity index (χ2v) is 8.81. The molecule has 0 radical (unpaired) electrons. The van der Waals surface area contributed by atoms with Gasteiger partial charge in [-0.25, -0.2) is 13.2 Å². The predicted molar refractivity (Wildman–Crippen MR) is 82.2 cm³/mol. The predicted octanol–water partition coefficient (Wildman–Crippen LogP) is 3.05. The number of fused-ring (bicyclic) bond motifs is 1. The zero-order chi connectivity index (χ0) is 15.8. The highest BCUT2D eigenvalue weighted by atomic mass is 35.7. The van der Waals surface area contributed by atoms with E-state index in [2.05, 4.69) is 0 Å². The molecule has 116 valence electrons. The monoisotopic (exact) mass is 331 g/mol. The number of rotatable bonds is 2. The van der Waals surface area contributed by atoms with E-state index in [0.29, 0.717) is 18.5 Å². The molecule has 1 aromatic carbocycles. The zero-order valence-corrected chi connectivity index (χ0v) is 13.8. The number of halogens is 1. The van der Waals surface area contributed by atoms with E-state index in [1.807, 2.05) is 20.8 Å². The largest absolute Gasteiger partial charge is 0.443 e. The Labute approximate surface area is 129 Å². The van der Waals surface area contributed by atoms with Gasteiger partial charge in [-0.3, -0.25) is 4.90 Å². The average molecular weight is 332 g/mol. The fourth-order valence-corrected chi connectivity index (χ4v) is 3.21. The zero-order valence-electron chi connectivity index (χ0n) is 12.2. The van der Waals surface area contributed by atoms with Gasteiger partial charge in [0, 0.05) is 17.2 Å². The Kier molecular flexibility index (Phi) is 4.22. The highest BCUT2D eigenvalue weighted by Gasteiger charge is 2.29. The van der Waals surface area contributed by atoms with Crippen LogP contribution in [-0.2, 0) is 26.0 Å². The van der Waals surface area contributed by atoms with Crippen LogP contribution in [-0.4, -0.2) is 26.7 Å². The number of amides is 1. The van der Waals surface area contributed by atoms with Crippen molar-refractivity contribution in [2.45, 2.75) is 38.5 Å². The molecule has 0 fully saturated rings. The maximum Gasteiger partial charge on any atom is 0.414 e. The van der Waals surface area contributed by atoms with Gasteiger partial charge in [0.1, 0.15) is 5.60 Å². The van der Waals surface area contributed by atoms with Gasteiger partial charge < -0.3 is 4.74 Å². The Morgan fingerprint density at radius 2 is 2.05 bits per heavy atom. The molecule has 21 heavy (non-hydrogen) atoms. The summed E-state index contributed by atoms with van der Waals surface area (Å²) in [5.74, 6) is -0.214. The first-order valence-corrected chi connectivity index (χ1v) is 9.08. The van der Waals surface area contributed by atoms with Crippen molar-refractivity contribution in [3.05, 3.63) is 29.3 Å². The second-order valence-electron chi connectivity index (χ2n) is 6.03. The van der Waals surface area contributed by atoms with E-state index in [1.54, 1.807) is 23.1 Å². The Morgan fingerprint density at radius 3 is 2.62 bits per heavy atom. The summed E-state index contributed by atoms with van der Waals surface area (Å²) in [4.78, 5) is 13.7. The molecule has 0 spiro atoms. The van der Waals surface area contributed by atoms with Gasteiger partial charge in [-0.2, -0.15) is 0 Å². The summed E-state index contributed by atoms with van der Waals surface area (Å²) in [6.45, 7) is 5.98. The molecule has 0 aliphatic carbocycles. The molecule has 0 saturated carbocycles. The van der Waals surface area contributed by atoms with Gasteiger partial charge in [0.15, 0.2) is 0 Å². The van der Waals surface area contributed by atoms with Crippen LogP contribution in [0, 0.1) is 0 Å². The fraction of sp³-hybridized carbons (Fsp3) is 0.500. The van der Waals surface area contributed by atoms with Gasteiger partial charge in [-0.15, -0.1) is 0 Å². The van der Waals surface area contributed by atoms with Crippen molar-refractivity contribution < 1.29 is 17.9 Å². The lowest BCUT2D eigenvalue weighted by Gasteiger charge is -2.24. The van der Waals surface area contributed by atoms with E-state index < -0.39 is 14.7 Å². The van der Waals surface area contributed by atoms with E-state index >= 15 is 0 Å². The van der Waals surface area contributed by atoms with Crippen molar-refractivity contribution in [3.8, 4) is 0 Å². The summed E-state index contributed by atoms with van der Waals surface area (Å²) in [6, 6.07) is 5.19. The Bertz CT molecular complexity index is 664. The van der Waals surface area contributed by atoms with Gasteiger partial charge in [-0.05, 0) is 44.4 Å². The minimum atomic E-state index is -3.58. The van der Waals surface area contributed by atoms with Gasteiger partial charge in [0.25, 0.3) is 0 Å². The second kappa shape index (κ2) is 5.50. The maximum atomic E-state index is 12.1. The minimum absolute atomic E-state index is 0.214. The smallest absolute Gasteiger partial charge is 0.414 e. The fourth-order valence-electron chi connectivity index (χ4n) is 2.25. The first-order chi connectivity index (χ1) is 9.55. The van der Waals surface area contributed by atoms with Crippen LogP contribution < -0.4 is 4.90 Å². The van der Waals surface area contributed by atoms with Crippen molar-refractivity contribution in [2.24, 2.45) is 0 Å². The number of anilines is 1. The SMILES string of the molecule is CC(C)(C)OC(=O)N1CCc2cc(CS(=O)(=O)Cl)ccc21. The third-order valence-electron chi connectivity index (χ3n) is 2.99. The van der Waals surface area contributed by atoms with Crippen molar-refractivity contribution in [2.75, 3.05) is 11.4 Å². The number of hydrogen-bond donors (Lipinski definition) is 0. The van der Waals surface area contributed by atoms with Crippen LogP contribution in [0.15, 0.2) is 18.2 Å². The molecule has 1 aliphatic rings. The number of benzene rings is 1. The van der Waals surface area contributed by atoms with Crippen molar-refractivity contribution in [3.63, 3.8) is 0 Å². The van der Waals surface area contributed by atoms with E-state index in [9.17, 15) is 13.2 Å². The normalized spacial score (nSPS) is 15.0. The van der Waals surface area contributed by atoms with Gasteiger partial charge in [0.2, 0.25) is 9.05 Å². The van der Waals surface area contributed by atoms with Crippen LogP contribution >= 0.6 is 10.7 Å². The number of hydrogen-bond acceptors (Lipinski definition) is 4. The number of nitrogens with zero attached hydrogens (tertiary/aromatic N) is 1. The highest BCUT2D eigenvalue weighted by Crippen LogP contribution is 2.30. The average Bonchev–Trinajstić information content (AvgIpc) is 2.67. The molecule has 0 saturated heterocycles. The summed E-state index contributed by atoms with van der Waals surface area (Å²) in [5, 5.41) is 0. The molecule has 1 amide bonds. The molecular formula is C14H18ClNO4S. The molecule has 1 heterocycles. The Morgan fingerprint density at radius 1 is 1.38 bits per heavy atom. The van der Waals surface area contributed by atoms with E-state index in [0.717, 1.165) is 11.3 Å². The number of carbonyl (C=O) groups excluding carboxylic acids is 1. The first-order valence-electron chi connectivity index (χ1n) is 6.60. The van der Waals surface area contributed by atoms with E-state index in [4.69, 9.17) is 15.4 Å². The van der Waals surface area contributed by atoms with Crippen LogP contribution in [0.25, 0.3) is 0 Å². The van der Waals surface area contributed by atoms with Crippen LogP contribution in [0.5, 0.6) is 0 Å². The lowest BCUT2D eigenvalue weighted by atomic mass is 10.1. The quantitative estimate of drug-likeness (QED) is 0.781. The molecular weight excluding hydrogens is 314 g/mol. The van der Waals surface area contributed by atoms with Crippen molar-refractivity contribution in [1.29, 1.82) is 0 Å². The molecule has 0 aromatic heterocycles. The van der Waals surface area contributed by atoms with Crippen molar-refractivity contribution in [1.82, 2.24) is 0 Å².